The maximum atomic E-state index is 14.7. The first kappa shape index (κ1) is 29.4. The number of nitrogens with zero attached hydrogens (tertiary/aromatic N) is 4. The molecule has 4 aromatic rings. The van der Waals surface area contributed by atoms with Crippen molar-refractivity contribution < 1.29 is 8.78 Å². The predicted molar refractivity (Wildman–Crippen MR) is 162 cm³/mol. The number of aryl methyl sites for hydroxylation is 2. The van der Waals surface area contributed by atoms with Crippen LogP contribution in [-0.4, -0.2) is 40.2 Å². The Kier molecular flexibility index (Phi) is 8.70. The molecular weight excluding hydrogens is 536 g/mol. The fraction of sp³-hybridized carbons (Fsp3) is 0.333. The van der Waals surface area contributed by atoms with Gasteiger partial charge in [-0.25, -0.2) is 13.6 Å². The molecular formula is C33H37F2N5O2. The van der Waals surface area contributed by atoms with Crippen LogP contribution >= 0.6 is 0 Å². The molecule has 1 aliphatic rings. The van der Waals surface area contributed by atoms with Crippen molar-refractivity contribution in [2.75, 3.05) is 31.1 Å². The molecule has 0 bridgehead atoms. The molecule has 2 N–H and O–H groups in total. The Hall–Kier alpha value is -4.08. The van der Waals surface area contributed by atoms with Crippen molar-refractivity contribution in [1.29, 1.82) is 0 Å². The summed E-state index contributed by atoms with van der Waals surface area (Å²) in [5.41, 5.74) is 10.4. The largest absolute Gasteiger partial charge is 0.363 e. The van der Waals surface area contributed by atoms with E-state index in [-0.39, 0.29) is 18.7 Å². The van der Waals surface area contributed by atoms with Crippen LogP contribution in [0.5, 0.6) is 0 Å². The Labute approximate surface area is 244 Å². The molecule has 0 amide bonds. The first-order chi connectivity index (χ1) is 20.1. The van der Waals surface area contributed by atoms with Crippen LogP contribution in [-0.2, 0) is 19.6 Å². The lowest BCUT2D eigenvalue weighted by molar-refractivity contribution is 0.248. The quantitative estimate of drug-likeness (QED) is 0.341. The van der Waals surface area contributed by atoms with Gasteiger partial charge in [-0.3, -0.25) is 18.8 Å². The minimum atomic E-state index is -0.749. The van der Waals surface area contributed by atoms with Crippen molar-refractivity contribution in [2.24, 2.45) is 5.73 Å². The van der Waals surface area contributed by atoms with Crippen LogP contribution in [0.25, 0.3) is 0 Å². The monoisotopic (exact) mass is 573 g/mol. The van der Waals surface area contributed by atoms with Crippen LogP contribution in [0.1, 0.15) is 39.6 Å². The lowest BCUT2D eigenvalue weighted by atomic mass is 10.0. The SMILES string of the molecule is Cc1ccc(CN2CCN(c3c(C)n(Cc4c(F)cccc4F)c(=O)n(C[C@@H](N)c4ccccc4)c3=O)CC2)c(C)c1. The molecule has 0 spiro atoms. The van der Waals surface area contributed by atoms with Gasteiger partial charge in [0.2, 0.25) is 0 Å². The molecule has 7 nitrogen and oxygen atoms in total. The summed E-state index contributed by atoms with van der Waals surface area (Å²) in [4.78, 5) is 32.0. The highest BCUT2D eigenvalue weighted by Gasteiger charge is 2.27. The first-order valence-corrected chi connectivity index (χ1v) is 14.2. The zero-order valence-corrected chi connectivity index (χ0v) is 24.3. The molecule has 3 aromatic carbocycles. The van der Waals surface area contributed by atoms with Crippen LogP contribution in [0.2, 0.25) is 0 Å². The standard InChI is InChI=1S/C33H37F2N5O2/c1-22-12-13-26(23(2)18-22)19-37-14-16-38(17-15-37)31-24(3)39(20-27-28(34)10-7-11-29(27)35)33(42)40(32(31)41)21-30(36)25-8-5-4-6-9-25/h4-13,18,30H,14-17,19-21,36H2,1-3H3/t30-/m1/s1. The number of anilines is 1. The fourth-order valence-electron chi connectivity index (χ4n) is 5.74. The highest BCUT2D eigenvalue weighted by Crippen LogP contribution is 2.21. The molecule has 0 saturated carbocycles. The zero-order valence-electron chi connectivity index (χ0n) is 24.3. The molecule has 1 atom stereocenters. The Bertz CT molecular complexity index is 1670. The number of nitrogens with two attached hydrogens (primary N) is 1. The maximum Gasteiger partial charge on any atom is 0.331 e. The minimum Gasteiger partial charge on any atom is -0.363 e. The van der Waals surface area contributed by atoms with Crippen molar-refractivity contribution in [2.45, 2.75) is 46.4 Å². The third-order valence-corrected chi connectivity index (χ3v) is 8.22. The lowest BCUT2D eigenvalue weighted by Gasteiger charge is -2.37. The predicted octanol–water partition coefficient (Wildman–Crippen LogP) is 4.28. The minimum absolute atomic E-state index is 0.0681. The van der Waals surface area contributed by atoms with Gasteiger partial charge in [-0.2, -0.15) is 0 Å². The van der Waals surface area contributed by atoms with Gasteiger partial charge >= 0.3 is 5.69 Å². The molecule has 0 aliphatic carbocycles. The van der Waals surface area contributed by atoms with E-state index in [0.717, 1.165) is 41.9 Å². The van der Waals surface area contributed by atoms with Gasteiger partial charge in [0.1, 0.15) is 17.3 Å². The molecule has 9 heteroatoms. The van der Waals surface area contributed by atoms with E-state index in [1.807, 2.05) is 35.2 Å². The van der Waals surface area contributed by atoms with Gasteiger partial charge in [0.05, 0.1) is 13.1 Å². The second-order valence-electron chi connectivity index (χ2n) is 11.1. The Morgan fingerprint density at radius 3 is 2.12 bits per heavy atom. The first-order valence-electron chi connectivity index (χ1n) is 14.2. The fourth-order valence-corrected chi connectivity index (χ4v) is 5.74. The molecule has 0 radical (unpaired) electrons. The van der Waals surface area contributed by atoms with Gasteiger partial charge in [-0.15, -0.1) is 0 Å². The molecule has 1 aliphatic heterocycles. The highest BCUT2D eigenvalue weighted by atomic mass is 19.1. The zero-order chi connectivity index (χ0) is 30.0. The van der Waals surface area contributed by atoms with Crippen LogP contribution in [0.4, 0.5) is 14.5 Å². The molecule has 220 valence electrons. The summed E-state index contributed by atoms with van der Waals surface area (Å²) in [7, 11) is 0. The van der Waals surface area contributed by atoms with E-state index in [4.69, 9.17) is 5.73 Å². The van der Waals surface area contributed by atoms with Crippen molar-refractivity contribution >= 4 is 5.69 Å². The van der Waals surface area contributed by atoms with Crippen LogP contribution in [0.3, 0.4) is 0 Å². The Balaban J connectivity index is 1.49. The summed E-state index contributed by atoms with van der Waals surface area (Å²) in [5, 5.41) is 0. The summed E-state index contributed by atoms with van der Waals surface area (Å²) in [5.74, 6) is -1.50. The molecule has 1 aromatic heterocycles. The summed E-state index contributed by atoms with van der Waals surface area (Å²) >= 11 is 0. The number of rotatable bonds is 8. The lowest BCUT2D eigenvalue weighted by Crippen LogP contribution is -2.51. The van der Waals surface area contributed by atoms with E-state index in [1.54, 1.807) is 6.92 Å². The summed E-state index contributed by atoms with van der Waals surface area (Å²) in [6, 6.07) is 18.7. The average Bonchev–Trinajstić information content (AvgIpc) is 2.97. The van der Waals surface area contributed by atoms with Gasteiger partial charge in [0.15, 0.2) is 0 Å². The molecule has 0 unspecified atom stereocenters. The Morgan fingerprint density at radius 2 is 1.48 bits per heavy atom. The third-order valence-electron chi connectivity index (χ3n) is 8.22. The van der Waals surface area contributed by atoms with E-state index in [1.165, 1.54) is 27.3 Å². The smallest absolute Gasteiger partial charge is 0.331 e. The molecule has 42 heavy (non-hydrogen) atoms. The van der Waals surface area contributed by atoms with Gasteiger partial charge in [-0.1, -0.05) is 60.2 Å². The second-order valence-corrected chi connectivity index (χ2v) is 11.1. The molecule has 2 heterocycles. The van der Waals surface area contributed by atoms with Crippen molar-refractivity contribution in [3.8, 4) is 0 Å². The number of halogens is 2. The summed E-state index contributed by atoms with van der Waals surface area (Å²) in [6.45, 7) is 8.83. The summed E-state index contributed by atoms with van der Waals surface area (Å²) < 4.78 is 31.8. The van der Waals surface area contributed by atoms with E-state index >= 15 is 0 Å². The summed E-state index contributed by atoms with van der Waals surface area (Å²) in [6.07, 6.45) is 0. The Morgan fingerprint density at radius 1 is 0.810 bits per heavy atom. The van der Waals surface area contributed by atoms with Crippen LogP contribution in [0.15, 0.2) is 76.3 Å². The number of piperazine rings is 1. The van der Waals surface area contributed by atoms with E-state index < -0.39 is 28.9 Å². The molecule has 1 saturated heterocycles. The number of aromatic nitrogens is 2. The maximum absolute atomic E-state index is 14.7. The van der Waals surface area contributed by atoms with Gasteiger partial charge in [-0.05, 0) is 49.6 Å². The average molecular weight is 574 g/mol. The van der Waals surface area contributed by atoms with Crippen molar-refractivity contribution in [3.63, 3.8) is 0 Å². The molecule has 5 rings (SSSR count). The number of benzene rings is 3. The van der Waals surface area contributed by atoms with E-state index in [0.29, 0.717) is 24.5 Å². The topological polar surface area (TPSA) is 76.5 Å². The van der Waals surface area contributed by atoms with Gasteiger partial charge in [0.25, 0.3) is 5.56 Å². The van der Waals surface area contributed by atoms with Gasteiger partial charge in [0, 0.05) is 50.0 Å². The van der Waals surface area contributed by atoms with E-state index in [9.17, 15) is 18.4 Å². The van der Waals surface area contributed by atoms with Gasteiger partial charge < -0.3 is 10.6 Å². The van der Waals surface area contributed by atoms with E-state index in [2.05, 4.69) is 36.9 Å². The normalized spacial score (nSPS) is 14.8. The molecule has 1 fully saturated rings. The second kappa shape index (κ2) is 12.4. The third kappa shape index (κ3) is 6.07. The van der Waals surface area contributed by atoms with Crippen LogP contribution in [0, 0.1) is 32.4 Å². The van der Waals surface area contributed by atoms with Crippen molar-refractivity contribution in [3.05, 3.63) is 133 Å². The highest BCUT2D eigenvalue weighted by molar-refractivity contribution is 5.50. The number of hydrogen-bond donors (Lipinski definition) is 1. The van der Waals surface area contributed by atoms with Crippen LogP contribution < -0.4 is 21.9 Å². The van der Waals surface area contributed by atoms with Crippen molar-refractivity contribution in [1.82, 2.24) is 14.0 Å². The number of hydrogen-bond acceptors (Lipinski definition) is 5.